The van der Waals surface area contributed by atoms with Crippen LogP contribution >= 0.6 is 0 Å². The predicted molar refractivity (Wildman–Crippen MR) is 238 cm³/mol. The zero-order valence-corrected chi connectivity index (χ0v) is 31.8. The van der Waals surface area contributed by atoms with Crippen LogP contribution in [0, 0.1) is 0 Å². The molecule has 0 spiro atoms. The van der Waals surface area contributed by atoms with Crippen molar-refractivity contribution in [1.29, 1.82) is 0 Å². The van der Waals surface area contributed by atoms with Crippen molar-refractivity contribution in [3.8, 4) is 61.8 Å². The summed E-state index contributed by atoms with van der Waals surface area (Å²) in [4.78, 5) is 10.3. The van der Waals surface area contributed by atoms with E-state index < -0.39 is 0 Å². The Balaban J connectivity index is 0.952. The second-order valence-corrected chi connectivity index (χ2v) is 15.7. The molecule has 3 nitrogen and oxygen atoms in total. The van der Waals surface area contributed by atoms with E-state index in [1.807, 2.05) is 12.1 Å². The molecule has 0 aliphatic heterocycles. The molecule has 58 heavy (non-hydrogen) atoms. The van der Waals surface area contributed by atoms with Crippen molar-refractivity contribution in [2.75, 3.05) is 0 Å². The van der Waals surface area contributed by atoms with Gasteiger partial charge < -0.3 is 4.57 Å². The Kier molecular flexibility index (Phi) is 7.42. The average molecular weight is 740 g/mol. The van der Waals surface area contributed by atoms with Crippen molar-refractivity contribution in [1.82, 2.24) is 14.5 Å². The van der Waals surface area contributed by atoms with Crippen LogP contribution < -0.4 is 0 Å². The molecule has 2 aliphatic rings. The zero-order valence-electron chi connectivity index (χ0n) is 31.8. The van der Waals surface area contributed by atoms with Crippen LogP contribution in [0.25, 0.3) is 83.6 Å². The van der Waals surface area contributed by atoms with Gasteiger partial charge in [-0.05, 0) is 111 Å². The van der Waals surface area contributed by atoms with Crippen LogP contribution in [-0.4, -0.2) is 14.5 Å². The second-order valence-electron chi connectivity index (χ2n) is 15.7. The third-order valence-corrected chi connectivity index (χ3v) is 12.4. The van der Waals surface area contributed by atoms with Gasteiger partial charge in [0, 0.05) is 39.1 Å². The summed E-state index contributed by atoms with van der Waals surface area (Å²) in [6.45, 7) is 0. The maximum absolute atomic E-state index is 5.17. The molecule has 0 fully saturated rings. The molecule has 2 heterocycles. The lowest BCUT2D eigenvalue weighted by Crippen LogP contribution is -2.13. The predicted octanol–water partition coefficient (Wildman–Crippen LogP) is 13.5. The molecular weight excluding hydrogens is 703 g/mol. The van der Waals surface area contributed by atoms with Crippen molar-refractivity contribution < 1.29 is 0 Å². The lowest BCUT2D eigenvalue weighted by Gasteiger charge is -2.29. The Morgan fingerprint density at radius 1 is 0.414 bits per heavy atom. The Morgan fingerprint density at radius 2 is 1.03 bits per heavy atom. The highest BCUT2D eigenvalue weighted by molar-refractivity contribution is 6.11. The molecule has 2 aromatic heterocycles. The average Bonchev–Trinajstić information content (AvgIpc) is 3.81. The summed E-state index contributed by atoms with van der Waals surface area (Å²) >= 11 is 0. The Morgan fingerprint density at radius 3 is 1.81 bits per heavy atom. The fourth-order valence-corrected chi connectivity index (χ4v) is 9.69. The van der Waals surface area contributed by atoms with Gasteiger partial charge in [0.15, 0.2) is 5.82 Å². The summed E-state index contributed by atoms with van der Waals surface area (Å²) in [5.74, 6) is 0.943. The monoisotopic (exact) mass is 739 g/mol. The zero-order chi connectivity index (χ0) is 38.2. The number of benzene rings is 8. The first-order chi connectivity index (χ1) is 28.7. The standard InChI is InChI=1S/C55H37N3/c1-4-15-35(16-5-1)51-34-52(36-17-6-2-7-18-36)57-55(56-51)38-20-14-19-37(27-38)46-30-40-28-39-29-41-31-54-50(33-49(41)48(39)32-47(40)44-24-11-10-23-43(44)46)45-25-12-13-26-53(45)58(54)42-21-8-3-9-22-42/h1-28,31-34,46H,29-30H2. The molecule has 2 aliphatic carbocycles. The Labute approximate surface area is 337 Å². The van der Waals surface area contributed by atoms with E-state index in [9.17, 15) is 0 Å². The van der Waals surface area contributed by atoms with Crippen molar-refractivity contribution in [3.05, 3.63) is 222 Å². The maximum Gasteiger partial charge on any atom is 0.160 e. The summed E-state index contributed by atoms with van der Waals surface area (Å²) in [6.07, 6.45) is 1.87. The normalized spacial score (nSPS) is 13.9. The Bertz CT molecular complexity index is 3160. The van der Waals surface area contributed by atoms with Gasteiger partial charge in [-0.1, -0.05) is 146 Å². The number of aromatic nitrogens is 3. The van der Waals surface area contributed by atoms with Gasteiger partial charge in [0.25, 0.3) is 0 Å². The molecular formula is C55H37N3. The summed E-state index contributed by atoms with van der Waals surface area (Å²) in [5.41, 5.74) is 21.0. The number of para-hydroxylation sites is 2. The quantitative estimate of drug-likeness (QED) is 0.176. The molecule has 0 saturated carbocycles. The van der Waals surface area contributed by atoms with E-state index in [2.05, 4.69) is 187 Å². The number of rotatable bonds is 5. The topological polar surface area (TPSA) is 30.7 Å². The van der Waals surface area contributed by atoms with Crippen LogP contribution in [0.5, 0.6) is 0 Å². The fraction of sp³-hybridized carbons (Fsp3) is 0.0545. The first-order valence-electron chi connectivity index (χ1n) is 20.2. The molecule has 0 bridgehead atoms. The molecule has 0 N–H and O–H groups in total. The Hall–Kier alpha value is -7.36. The highest BCUT2D eigenvalue weighted by Gasteiger charge is 2.30. The van der Waals surface area contributed by atoms with E-state index in [1.165, 1.54) is 77.6 Å². The van der Waals surface area contributed by atoms with Gasteiger partial charge in [-0.2, -0.15) is 0 Å². The lowest BCUT2D eigenvalue weighted by atomic mass is 9.74. The minimum absolute atomic E-state index is 0.205. The smallest absolute Gasteiger partial charge is 0.160 e. The number of hydrogen-bond acceptors (Lipinski definition) is 2. The molecule has 272 valence electrons. The summed E-state index contributed by atoms with van der Waals surface area (Å²) in [5, 5.41) is 2.60. The van der Waals surface area contributed by atoms with Gasteiger partial charge in [-0.3, -0.25) is 0 Å². The van der Waals surface area contributed by atoms with E-state index in [0.717, 1.165) is 46.7 Å². The molecule has 12 rings (SSSR count). The van der Waals surface area contributed by atoms with E-state index in [4.69, 9.17) is 9.97 Å². The van der Waals surface area contributed by atoms with Crippen LogP contribution in [0.4, 0.5) is 0 Å². The van der Waals surface area contributed by atoms with Crippen LogP contribution in [0.2, 0.25) is 0 Å². The number of hydrogen-bond donors (Lipinski definition) is 0. The summed E-state index contributed by atoms with van der Waals surface area (Å²) < 4.78 is 2.43. The van der Waals surface area contributed by atoms with Gasteiger partial charge in [0.2, 0.25) is 0 Å². The lowest BCUT2D eigenvalue weighted by molar-refractivity contribution is 0.793. The van der Waals surface area contributed by atoms with E-state index in [-0.39, 0.29) is 5.92 Å². The SMILES string of the molecule is c1ccc(-c2cc(-c3ccccc3)nc(-c3cccc(C4Cc5cc6c(cc5-c5ccccc54)-c4cc5c7ccccc7n(-c7ccccc7)c5cc4C6)c3)n2)cc1. The van der Waals surface area contributed by atoms with Crippen LogP contribution in [0.3, 0.4) is 0 Å². The number of fused-ring (bicyclic) bond motifs is 9. The second kappa shape index (κ2) is 13.1. The molecule has 0 saturated heterocycles. The molecule has 0 radical (unpaired) electrons. The van der Waals surface area contributed by atoms with Gasteiger partial charge in [0.1, 0.15) is 0 Å². The van der Waals surface area contributed by atoms with Gasteiger partial charge >= 0.3 is 0 Å². The largest absolute Gasteiger partial charge is 0.309 e. The van der Waals surface area contributed by atoms with Crippen molar-refractivity contribution in [2.24, 2.45) is 0 Å². The maximum atomic E-state index is 5.17. The van der Waals surface area contributed by atoms with E-state index in [0.29, 0.717) is 0 Å². The summed E-state index contributed by atoms with van der Waals surface area (Å²) in [6, 6.07) is 70.5. The van der Waals surface area contributed by atoms with Gasteiger partial charge in [-0.25, -0.2) is 9.97 Å². The fourth-order valence-electron chi connectivity index (χ4n) is 9.69. The first kappa shape index (κ1) is 32.8. The molecule has 8 aromatic carbocycles. The van der Waals surface area contributed by atoms with Crippen molar-refractivity contribution in [3.63, 3.8) is 0 Å². The van der Waals surface area contributed by atoms with Crippen LogP contribution in [0.15, 0.2) is 194 Å². The molecule has 3 heteroatoms. The van der Waals surface area contributed by atoms with Gasteiger partial charge in [-0.15, -0.1) is 0 Å². The number of nitrogens with zero attached hydrogens (tertiary/aromatic N) is 3. The third kappa shape index (κ3) is 5.28. The minimum atomic E-state index is 0.205. The highest BCUT2D eigenvalue weighted by atomic mass is 15.0. The molecule has 1 unspecified atom stereocenters. The first-order valence-corrected chi connectivity index (χ1v) is 20.2. The summed E-state index contributed by atoms with van der Waals surface area (Å²) in [7, 11) is 0. The highest BCUT2D eigenvalue weighted by Crippen LogP contribution is 2.49. The third-order valence-electron chi connectivity index (χ3n) is 12.4. The van der Waals surface area contributed by atoms with Crippen molar-refractivity contribution in [2.45, 2.75) is 18.8 Å². The van der Waals surface area contributed by atoms with Crippen LogP contribution in [-0.2, 0) is 12.8 Å². The van der Waals surface area contributed by atoms with Gasteiger partial charge in [0.05, 0.1) is 22.4 Å². The van der Waals surface area contributed by atoms with E-state index >= 15 is 0 Å². The van der Waals surface area contributed by atoms with Crippen LogP contribution in [0.1, 0.15) is 33.7 Å². The minimum Gasteiger partial charge on any atom is -0.309 e. The van der Waals surface area contributed by atoms with E-state index in [1.54, 1.807) is 0 Å². The molecule has 0 amide bonds. The molecule has 10 aromatic rings. The molecule has 1 atom stereocenters. The van der Waals surface area contributed by atoms with Crippen molar-refractivity contribution >= 4 is 21.8 Å².